The predicted octanol–water partition coefficient (Wildman–Crippen LogP) is 2.38. The number of aromatic nitrogens is 3. The third-order valence-electron chi connectivity index (χ3n) is 5.57. The number of carbonyl (C=O) groups excluding carboxylic acids is 2. The first-order valence-electron chi connectivity index (χ1n) is 9.76. The Bertz CT molecular complexity index is 798. The van der Waals surface area contributed by atoms with Crippen LogP contribution in [0.25, 0.3) is 11.3 Å². The zero-order chi connectivity index (χ0) is 18.6. The molecule has 1 atom stereocenters. The highest BCUT2D eigenvalue weighted by Gasteiger charge is 2.31. The Hall–Kier alpha value is -2.70. The lowest BCUT2D eigenvalue weighted by molar-refractivity contribution is -0.127. The molecule has 27 heavy (non-hydrogen) atoms. The Labute approximate surface area is 158 Å². The van der Waals surface area contributed by atoms with E-state index in [1.54, 1.807) is 23.4 Å². The molecule has 0 unspecified atom stereocenters. The van der Waals surface area contributed by atoms with Crippen molar-refractivity contribution in [3.05, 3.63) is 36.3 Å². The van der Waals surface area contributed by atoms with E-state index in [0.717, 1.165) is 31.2 Å². The van der Waals surface area contributed by atoms with Crippen LogP contribution in [-0.4, -0.2) is 51.0 Å². The van der Waals surface area contributed by atoms with E-state index in [9.17, 15) is 9.59 Å². The van der Waals surface area contributed by atoms with Gasteiger partial charge in [0.15, 0.2) is 0 Å². The van der Waals surface area contributed by atoms with Crippen molar-refractivity contribution in [2.75, 3.05) is 13.1 Å². The first-order valence-corrected chi connectivity index (χ1v) is 9.76. The molecule has 2 aliphatic rings. The number of nitrogens with zero attached hydrogens (tertiary/aromatic N) is 3. The number of nitrogens with one attached hydrogen (secondary N) is 2. The first-order chi connectivity index (χ1) is 13.2. The molecule has 1 saturated heterocycles. The van der Waals surface area contributed by atoms with Crippen molar-refractivity contribution < 1.29 is 9.59 Å². The fourth-order valence-corrected chi connectivity index (χ4v) is 4.04. The molecule has 142 valence electrons. The van der Waals surface area contributed by atoms with Crippen LogP contribution >= 0.6 is 0 Å². The summed E-state index contributed by atoms with van der Waals surface area (Å²) in [6.45, 7) is 1.15. The summed E-state index contributed by atoms with van der Waals surface area (Å²) < 4.78 is 0. The van der Waals surface area contributed by atoms with Crippen molar-refractivity contribution in [3.8, 4) is 11.3 Å². The van der Waals surface area contributed by atoms with E-state index in [1.165, 1.54) is 12.8 Å². The fourth-order valence-electron chi connectivity index (χ4n) is 4.04. The van der Waals surface area contributed by atoms with Crippen molar-refractivity contribution in [3.63, 3.8) is 0 Å². The highest BCUT2D eigenvalue weighted by molar-refractivity contribution is 5.94. The highest BCUT2D eigenvalue weighted by atomic mass is 16.2. The number of carbonyl (C=O) groups is 2. The van der Waals surface area contributed by atoms with E-state index >= 15 is 0 Å². The van der Waals surface area contributed by atoms with Gasteiger partial charge in [0.05, 0.1) is 11.6 Å². The third-order valence-corrected chi connectivity index (χ3v) is 5.57. The summed E-state index contributed by atoms with van der Waals surface area (Å²) in [5, 5.41) is 10.3. The Morgan fingerprint density at radius 3 is 2.67 bits per heavy atom. The number of hydrogen-bond acceptors (Lipinski definition) is 4. The van der Waals surface area contributed by atoms with Gasteiger partial charge in [0, 0.05) is 37.1 Å². The van der Waals surface area contributed by atoms with Crippen molar-refractivity contribution in [1.82, 2.24) is 25.4 Å². The van der Waals surface area contributed by atoms with Crippen LogP contribution < -0.4 is 5.32 Å². The molecular formula is C20H25N5O2. The highest BCUT2D eigenvalue weighted by Crippen LogP contribution is 2.23. The number of H-pyrrole nitrogens is 1. The van der Waals surface area contributed by atoms with Gasteiger partial charge in [-0.1, -0.05) is 12.8 Å². The summed E-state index contributed by atoms with van der Waals surface area (Å²) in [5.41, 5.74) is 2.08. The van der Waals surface area contributed by atoms with Crippen LogP contribution in [0.3, 0.4) is 0 Å². The Morgan fingerprint density at radius 1 is 1.11 bits per heavy atom. The standard InChI is InChI=1S/C20H25N5O2/c26-19(22-16-5-1-2-6-16)15-4-3-11-25(13-15)20(27)18-12-17(23-24-18)14-7-9-21-10-8-14/h7-10,12,15-16H,1-6,11,13H2,(H,22,26)(H,23,24)/t15-/m0/s1. The minimum absolute atomic E-state index is 0.0961. The predicted molar refractivity (Wildman–Crippen MR) is 101 cm³/mol. The Morgan fingerprint density at radius 2 is 1.89 bits per heavy atom. The Kier molecular flexibility index (Phi) is 5.18. The monoisotopic (exact) mass is 367 g/mol. The van der Waals surface area contributed by atoms with Crippen LogP contribution in [0.1, 0.15) is 49.0 Å². The summed E-state index contributed by atoms with van der Waals surface area (Å²) in [4.78, 5) is 31.2. The lowest BCUT2D eigenvalue weighted by Crippen LogP contribution is -2.47. The molecular weight excluding hydrogens is 342 g/mol. The molecule has 0 spiro atoms. The summed E-state index contributed by atoms with van der Waals surface area (Å²) in [6, 6.07) is 5.79. The third kappa shape index (κ3) is 4.02. The summed E-state index contributed by atoms with van der Waals surface area (Å²) in [5.74, 6) is -0.117. The molecule has 2 fully saturated rings. The number of amides is 2. The second-order valence-corrected chi connectivity index (χ2v) is 7.48. The van der Waals surface area contributed by atoms with Crippen molar-refractivity contribution in [2.45, 2.75) is 44.6 Å². The van der Waals surface area contributed by atoms with E-state index in [-0.39, 0.29) is 17.7 Å². The van der Waals surface area contributed by atoms with Crippen molar-refractivity contribution in [2.24, 2.45) is 5.92 Å². The molecule has 0 aromatic carbocycles. The molecule has 4 rings (SSSR count). The molecule has 1 saturated carbocycles. The van der Waals surface area contributed by atoms with Gasteiger partial charge in [0.2, 0.25) is 5.91 Å². The molecule has 2 aromatic rings. The van der Waals surface area contributed by atoms with Crippen LogP contribution in [-0.2, 0) is 4.79 Å². The molecule has 3 heterocycles. The maximum absolute atomic E-state index is 12.9. The molecule has 7 heteroatoms. The van der Waals surface area contributed by atoms with Crippen molar-refractivity contribution in [1.29, 1.82) is 0 Å². The number of rotatable bonds is 4. The van der Waals surface area contributed by atoms with Gasteiger partial charge in [-0.05, 0) is 43.9 Å². The van der Waals surface area contributed by atoms with E-state index < -0.39 is 0 Å². The van der Waals surface area contributed by atoms with Crippen LogP contribution in [0.4, 0.5) is 0 Å². The minimum Gasteiger partial charge on any atom is -0.353 e. The average Bonchev–Trinajstić information content (AvgIpc) is 3.40. The van der Waals surface area contributed by atoms with Gasteiger partial charge >= 0.3 is 0 Å². The molecule has 0 radical (unpaired) electrons. The van der Waals surface area contributed by atoms with Crippen LogP contribution in [0.15, 0.2) is 30.6 Å². The lowest BCUT2D eigenvalue weighted by atomic mass is 9.96. The summed E-state index contributed by atoms with van der Waals surface area (Å²) in [7, 11) is 0. The van der Waals surface area contributed by atoms with Crippen LogP contribution in [0, 0.1) is 5.92 Å². The number of likely N-dealkylation sites (tertiary alicyclic amines) is 1. The number of piperidine rings is 1. The van der Waals surface area contributed by atoms with Crippen LogP contribution in [0.5, 0.6) is 0 Å². The Balaban J connectivity index is 1.40. The van der Waals surface area contributed by atoms with Gasteiger partial charge in [-0.3, -0.25) is 19.7 Å². The summed E-state index contributed by atoms with van der Waals surface area (Å²) >= 11 is 0. The summed E-state index contributed by atoms with van der Waals surface area (Å²) in [6.07, 6.45) is 9.63. The number of hydrogen-bond donors (Lipinski definition) is 2. The zero-order valence-electron chi connectivity index (χ0n) is 15.4. The normalized spacial score (nSPS) is 20.6. The van der Waals surface area contributed by atoms with Gasteiger partial charge in [-0.15, -0.1) is 0 Å². The van der Waals surface area contributed by atoms with Gasteiger partial charge < -0.3 is 10.2 Å². The van der Waals surface area contributed by atoms with E-state index in [1.807, 2.05) is 12.1 Å². The molecule has 7 nitrogen and oxygen atoms in total. The topological polar surface area (TPSA) is 91.0 Å². The number of aromatic amines is 1. The maximum Gasteiger partial charge on any atom is 0.271 e. The largest absolute Gasteiger partial charge is 0.353 e. The fraction of sp³-hybridized carbons (Fsp3) is 0.500. The smallest absolute Gasteiger partial charge is 0.271 e. The maximum atomic E-state index is 12.9. The first kappa shape index (κ1) is 17.7. The molecule has 1 aliphatic carbocycles. The van der Waals surface area contributed by atoms with E-state index in [2.05, 4.69) is 20.5 Å². The molecule has 0 bridgehead atoms. The van der Waals surface area contributed by atoms with Gasteiger partial charge in [-0.2, -0.15) is 5.10 Å². The van der Waals surface area contributed by atoms with E-state index in [4.69, 9.17) is 0 Å². The van der Waals surface area contributed by atoms with Crippen LogP contribution in [0.2, 0.25) is 0 Å². The molecule has 2 N–H and O–H groups in total. The minimum atomic E-state index is -0.120. The second-order valence-electron chi connectivity index (χ2n) is 7.48. The molecule has 1 aliphatic heterocycles. The quantitative estimate of drug-likeness (QED) is 0.868. The van der Waals surface area contributed by atoms with Crippen molar-refractivity contribution >= 4 is 11.8 Å². The van der Waals surface area contributed by atoms with Gasteiger partial charge in [0.1, 0.15) is 5.69 Å². The van der Waals surface area contributed by atoms with E-state index in [0.29, 0.717) is 30.5 Å². The van der Waals surface area contributed by atoms with Gasteiger partial charge in [-0.25, -0.2) is 0 Å². The zero-order valence-corrected chi connectivity index (χ0v) is 15.4. The molecule has 2 amide bonds. The molecule has 2 aromatic heterocycles. The second kappa shape index (κ2) is 7.90. The lowest BCUT2D eigenvalue weighted by Gasteiger charge is -2.32. The van der Waals surface area contributed by atoms with Gasteiger partial charge in [0.25, 0.3) is 5.91 Å². The average molecular weight is 367 g/mol. The SMILES string of the molecule is O=C(NC1CCCC1)[C@H]1CCCN(C(=O)c2cc(-c3ccncc3)n[nH]2)C1. The number of pyridine rings is 1.